The van der Waals surface area contributed by atoms with Crippen LogP contribution < -0.4 is 5.32 Å². The number of carbonyl (C=O) groups excluding carboxylic acids is 1. The predicted molar refractivity (Wildman–Crippen MR) is 63.9 cm³/mol. The lowest BCUT2D eigenvalue weighted by Gasteiger charge is -2.23. The van der Waals surface area contributed by atoms with Crippen LogP contribution in [-0.2, 0) is 4.74 Å². The van der Waals surface area contributed by atoms with Gasteiger partial charge in [0.25, 0.3) is 0 Å². The van der Waals surface area contributed by atoms with Crippen molar-refractivity contribution in [2.45, 2.75) is 38.1 Å². The molecule has 1 heterocycles. The van der Waals surface area contributed by atoms with E-state index in [4.69, 9.17) is 0 Å². The first kappa shape index (κ1) is 11.8. The average molecular weight is 235 g/mol. The molecule has 0 amide bonds. The molecule has 92 valence electrons. The number of methoxy groups -OCH3 is 1. The van der Waals surface area contributed by atoms with E-state index in [2.05, 4.69) is 20.0 Å². The van der Waals surface area contributed by atoms with Crippen LogP contribution in [0.25, 0.3) is 0 Å². The molecule has 0 aromatic carbocycles. The zero-order chi connectivity index (χ0) is 12.1. The lowest BCUT2D eigenvalue weighted by atomic mass is 9.96. The molecule has 1 aliphatic rings. The van der Waals surface area contributed by atoms with Crippen LogP contribution in [0.2, 0.25) is 0 Å². The van der Waals surface area contributed by atoms with Gasteiger partial charge in [0.1, 0.15) is 5.82 Å². The fourth-order valence-electron chi connectivity index (χ4n) is 2.09. The molecule has 0 bridgehead atoms. The fourth-order valence-corrected chi connectivity index (χ4v) is 2.09. The van der Waals surface area contributed by atoms with Crippen LogP contribution in [-0.4, -0.2) is 29.1 Å². The molecule has 0 radical (unpaired) electrons. The summed E-state index contributed by atoms with van der Waals surface area (Å²) >= 11 is 0. The van der Waals surface area contributed by atoms with Crippen molar-refractivity contribution in [3.8, 4) is 0 Å². The molecule has 2 rings (SSSR count). The van der Waals surface area contributed by atoms with E-state index >= 15 is 0 Å². The summed E-state index contributed by atoms with van der Waals surface area (Å²) in [5, 5.41) is 3.32. The fraction of sp³-hybridized carbons (Fsp3) is 0.583. The summed E-state index contributed by atoms with van der Waals surface area (Å²) in [6, 6.07) is 0.450. The maximum atomic E-state index is 11.3. The van der Waals surface area contributed by atoms with Gasteiger partial charge >= 0.3 is 5.97 Å². The van der Waals surface area contributed by atoms with Crippen molar-refractivity contribution < 1.29 is 9.53 Å². The van der Waals surface area contributed by atoms with Gasteiger partial charge in [-0.15, -0.1) is 0 Å². The third-order valence-electron chi connectivity index (χ3n) is 2.99. The topological polar surface area (TPSA) is 64.1 Å². The van der Waals surface area contributed by atoms with Crippen molar-refractivity contribution in [3.05, 3.63) is 18.1 Å². The Morgan fingerprint density at radius 3 is 2.82 bits per heavy atom. The number of rotatable bonds is 3. The van der Waals surface area contributed by atoms with E-state index in [-0.39, 0.29) is 5.69 Å². The second-order valence-corrected chi connectivity index (χ2v) is 4.26. The third kappa shape index (κ3) is 3.15. The van der Waals surface area contributed by atoms with Crippen molar-refractivity contribution in [2.75, 3.05) is 12.4 Å². The highest BCUT2D eigenvalue weighted by Gasteiger charge is 2.15. The van der Waals surface area contributed by atoms with Crippen molar-refractivity contribution in [2.24, 2.45) is 0 Å². The molecular weight excluding hydrogens is 218 g/mol. The van der Waals surface area contributed by atoms with Crippen LogP contribution in [0.1, 0.15) is 42.6 Å². The number of hydrogen-bond donors (Lipinski definition) is 1. The smallest absolute Gasteiger partial charge is 0.358 e. The molecule has 5 heteroatoms. The minimum Gasteiger partial charge on any atom is -0.464 e. The number of aromatic nitrogens is 2. The molecule has 1 aliphatic carbocycles. The number of nitrogens with zero attached hydrogens (tertiary/aromatic N) is 2. The van der Waals surface area contributed by atoms with E-state index in [1.54, 1.807) is 6.20 Å². The van der Waals surface area contributed by atoms with Crippen LogP contribution in [0.5, 0.6) is 0 Å². The molecule has 1 aromatic rings. The Morgan fingerprint density at radius 2 is 2.12 bits per heavy atom. The molecule has 0 saturated heterocycles. The summed E-state index contributed by atoms with van der Waals surface area (Å²) in [6.07, 6.45) is 9.18. The average Bonchev–Trinajstić information content (AvgIpc) is 2.39. The summed E-state index contributed by atoms with van der Waals surface area (Å²) in [5.74, 6) is 0.199. The quantitative estimate of drug-likeness (QED) is 0.812. The Balaban J connectivity index is 2.02. The molecule has 17 heavy (non-hydrogen) atoms. The molecule has 0 spiro atoms. The second kappa shape index (κ2) is 5.61. The highest BCUT2D eigenvalue weighted by molar-refractivity contribution is 5.87. The van der Waals surface area contributed by atoms with Gasteiger partial charge < -0.3 is 10.1 Å². The second-order valence-electron chi connectivity index (χ2n) is 4.26. The first-order chi connectivity index (χ1) is 8.29. The number of hydrogen-bond acceptors (Lipinski definition) is 5. The lowest BCUT2D eigenvalue weighted by Crippen LogP contribution is -2.23. The van der Waals surface area contributed by atoms with E-state index in [0.717, 1.165) is 12.8 Å². The van der Waals surface area contributed by atoms with Crippen molar-refractivity contribution in [3.63, 3.8) is 0 Å². The summed E-state index contributed by atoms with van der Waals surface area (Å²) in [4.78, 5) is 19.5. The van der Waals surface area contributed by atoms with Gasteiger partial charge in [-0.2, -0.15) is 0 Å². The van der Waals surface area contributed by atoms with Gasteiger partial charge in [0.15, 0.2) is 5.69 Å². The molecule has 1 N–H and O–H groups in total. The van der Waals surface area contributed by atoms with Gasteiger partial charge in [-0.1, -0.05) is 19.3 Å². The van der Waals surface area contributed by atoms with Gasteiger partial charge in [0.05, 0.1) is 19.5 Å². The van der Waals surface area contributed by atoms with E-state index in [1.165, 1.54) is 32.6 Å². The molecule has 0 unspecified atom stereocenters. The van der Waals surface area contributed by atoms with Crippen molar-refractivity contribution >= 4 is 11.8 Å². The summed E-state index contributed by atoms with van der Waals surface area (Å²) in [6.45, 7) is 0. The lowest BCUT2D eigenvalue weighted by molar-refractivity contribution is 0.0593. The Morgan fingerprint density at radius 1 is 1.35 bits per heavy atom. The molecular formula is C12H17N3O2. The number of carbonyl (C=O) groups is 1. The molecule has 1 saturated carbocycles. The van der Waals surface area contributed by atoms with Crippen molar-refractivity contribution in [1.29, 1.82) is 0 Å². The first-order valence-electron chi connectivity index (χ1n) is 5.96. The van der Waals surface area contributed by atoms with Gasteiger partial charge in [-0.3, -0.25) is 4.98 Å². The maximum absolute atomic E-state index is 11.3. The maximum Gasteiger partial charge on any atom is 0.358 e. The van der Waals surface area contributed by atoms with Crippen LogP contribution in [0.15, 0.2) is 12.4 Å². The number of anilines is 1. The SMILES string of the molecule is COC(=O)c1cncc(NC2CCCCC2)n1. The number of esters is 1. The summed E-state index contributed by atoms with van der Waals surface area (Å²) < 4.78 is 4.61. The zero-order valence-electron chi connectivity index (χ0n) is 9.98. The number of ether oxygens (including phenoxy) is 1. The minimum absolute atomic E-state index is 0.244. The zero-order valence-corrected chi connectivity index (χ0v) is 9.98. The largest absolute Gasteiger partial charge is 0.464 e. The molecule has 0 aliphatic heterocycles. The van der Waals surface area contributed by atoms with Crippen LogP contribution in [0.3, 0.4) is 0 Å². The van der Waals surface area contributed by atoms with Crippen LogP contribution >= 0.6 is 0 Å². The molecule has 5 nitrogen and oxygen atoms in total. The summed E-state index contributed by atoms with van der Waals surface area (Å²) in [5.41, 5.74) is 0.244. The standard InChI is InChI=1S/C12H17N3O2/c1-17-12(16)10-7-13-8-11(15-10)14-9-5-3-2-4-6-9/h7-9H,2-6H2,1H3,(H,14,15). The predicted octanol–water partition coefficient (Wildman–Crippen LogP) is 2.01. The van der Waals surface area contributed by atoms with Crippen LogP contribution in [0, 0.1) is 0 Å². The highest BCUT2D eigenvalue weighted by Crippen LogP contribution is 2.20. The van der Waals surface area contributed by atoms with Gasteiger partial charge in [-0.25, -0.2) is 9.78 Å². The highest BCUT2D eigenvalue weighted by atomic mass is 16.5. The summed E-state index contributed by atoms with van der Waals surface area (Å²) in [7, 11) is 1.34. The monoisotopic (exact) mass is 235 g/mol. The normalized spacial score (nSPS) is 16.5. The molecule has 1 aromatic heterocycles. The van der Waals surface area contributed by atoms with Gasteiger partial charge in [0.2, 0.25) is 0 Å². The van der Waals surface area contributed by atoms with Crippen molar-refractivity contribution in [1.82, 2.24) is 9.97 Å². The van der Waals surface area contributed by atoms with E-state index < -0.39 is 5.97 Å². The van der Waals surface area contributed by atoms with E-state index in [0.29, 0.717) is 11.9 Å². The van der Waals surface area contributed by atoms with E-state index in [9.17, 15) is 4.79 Å². The number of nitrogens with one attached hydrogen (secondary N) is 1. The Bertz CT molecular complexity index is 389. The Labute approximate surface area is 101 Å². The molecule has 1 fully saturated rings. The Hall–Kier alpha value is -1.65. The van der Waals surface area contributed by atoms with E-state index in [1.807, 2.05) is 0 Å². The van der Waals surface area contributed by atoms with Crippen LogP contribution in [0.4, 0.5) is 5.82 Å². The van der Waals surface area contributed by atoms with Gasteiger partial charge in [0, 0.05) is 6.04 Å². The minimum atomic E-state index is -0.454. The third-order valence-corrected chi connectivity index (χ3v) is 2.99. The molecule has 0 atom stereocenters. The Kier molecular flexibility index (Phi) is 3.90. The first-order valence-corrected chi connectivity index (χ1v) is 5.96. The van der Waals surface area contributed by atoms with Gasteiger partial charge in [-0.05, 0) is 12.8 Å².